The van der Waals surface area contributed by atoms with E-state index < -0.39 is 11.8 Å². The number of hydrazone groups is 1. The molecule has 0 saturated heterocycles. The summed E-state index contributed by atoms with van der Waals surface area (Å²) in [5.74, 6) is -0.820. The maximum atomic E-state index is 12.1. The lowest BCUT2D eigenvalue weighted by atomic mass is 10.2. The fourth-order valence-corrected chi connectivity index (χ4v) is 3.01. The lowest BCUT2D eigenvalue weighted by Crippen LogP contribution is -2.32. The summed E-state index contributed by atoms with van der Waals surface area (Å²) in [4.78, 5) is 36.1. The van der Waals surface area contributed by atoms with E-state index in [2.05, 4.69) is 28.1 Å². The molecule has 0 atom stereocenters. The molecule has 0 aliphatic rings. The summed E-state index contributed by atoms with van der Waals surface area (Å²) in [6, 6.07) is 21.0. The van der Waals surface area contributed by atoms with Gasteiger partial charge >= 0.3 is 11.8 Å². The quantitative estimate of drug-likeness (QED) is 0.157. The van der Waals surface area contributed by atoms with Crippen molar-refractivity contribution in [3.8, 4) is 11.5 Å². The molecule has 0 saturated carbocycles. The highest BCUT2D eigenvalue weighted by Crippen LogP contribution is 2.16. The normalized spacial score (nSPS) is 10.5. The number of hydrogen-bond donors (Lipinski definition) is 3. The van der Waals surface area contributed by atoms with Crippen LogP contribution in [0.4, 0.5) is 11.4 Å². The van der Waals surface area contributed by atoms with Gasteiger partial charge in [-0.2, -0.15) is 5.10 Å². The fraction of sp³-hybridized carbons (Fsp3) is 0.214. The van der Waals surface area contributed by atoms with Crippen molar-refractivity contribution < 1.29 is 23.9 Å². The number of amides is 3. The first-order chi connectivity index (χ1) is 17.9. The van der Waals surface area contributed by atoms with E-state index in [-0.39, 0.29) is 12.5 Å². The molecule has 192 valence electrons. The van der Waals surface area contributed by atoms with E-state index in [9.17, 15) is 14.4 Å². The highest BCUT2D eigenvalue weighted by molar-refractivity contribution is 6.39. The average molecular weight is 503 g/mol. The summed E-state index contributed by atoms with van der Waals surface area (Å²) < 4.78 is 11.1. The number of ether oxygens (including phenoxy) is 2. The van der Waals surface area contributed by atoms with Gasteiger partial charge < -0.3 is 20.1 Å². The first kappa shape index (κ1) is 26.9. The maximum absolute atomic E-state index is 12.1. The van der Waals surface area contributed by atoms with Gasteiger partial charge in [-0.1, -0.05) is 31.0 Å². The molecule has 3 aromatic carbocycles. The molecule has 0 aromatic heterocycles. The molecule has 0 unspecified atom stereocenters. The van der Waals surface area contributed by atoms with Gasteiger partial charge in [-0.15, -0.1) is 0 Å². The number of carbonyl (C=O) groups excluding carboxylic acids is 3. The van der Waals surface area contributed by atoms with Crippen LogP contribution in [0.3, 0.4) is 0 Å². The molecular formula is C28H30N4O5. The molecule has 3 amide bonds. The smallest absolute Gasteiger partial charge is 0.329 e. The summed E-state index contributed by atoms with van der Waals surface area (Å²) in [5.41, 5.74) is 5.13. The van der Waals surface area contributed by atoms with Gasteiger partial charge in [-0.3, -0.25) is 14.4 Å². The molecule has 9 heteroatoms. The van der Waals surface area contributed by atoms with E-state index in [1.165, 1.54) is 6.21 Å². The molecule has 0 heterocycles. The van der Waals surface area contributed by atoms with Gasteiger partial charge in [-0.25, -0.2) is 5.43 Å². The van der Waals surface area contributed by atoms with E-state index in [0.29, 0.717) is 35.0 Å². The second-order valence-electron chi connectivity index (χ2n) is 8.15. The van der Waals surface area contributed by atoms with Crippen LogP contribution in [0.25, 0.3) is 0 Å². The first-order valence-electron chi connectivity index (χ1n) is 11.9. The Balaban J connectivity index is 1.39. The van der Waals surface area contributed by atoms with Crippen molar-refractivity contribution in [1.82, 2.24) is 5.43 Å². The molecule has 0 aliphatic heterocycles. The number of aryl methyl sites for hydroxylation is 1. The van der Waals surface area contributed by atoms with Gasteiger partial charge in [0.2, 0.25) is 0 Å². The highest BCUT2D eigenvalue weighted by atomic mass is 16.5. The van der Waals surface area contributed by atoms with Crippen molar-refractivity contribution in [2.75, 3.05) is 23.8 Å². The van der Waals surface area contributed by atoms with E-state index in [0.717, 1.165) is 18.4 Å². The van der Waals surface area contributed by atoms with Crippen molar-refractivity contribution in [1.29, 1.82) is 0 Å². The Bertz CT molecular complexity index is 1210. The summed E-state index contributed by atoms with van der Waals surface area (Å²) in [5, 5.41) is 9.07. The number of anilines is 2. The number of unbranched alkanes of at least 4 members (excludes halogenated alkanes) is 1. The van der Waals surface area contributed by atoms with E-state index >= 15 is 0 Å². The predicted octanol–water partition coefficient (Wildman–Crippen LogP) is 4.28. The lowest BCUT2D eigenvalue weighted by molar-refractivity contribution is -0.136. The maximum Gasteiger partial charge on any atom is 0.329 e. The minimum absolute atomic E-state index is 0.138. The Hall–Kier alpha value is -4.66. The molecule has 3 rings (SSSR count). The largest absolute Gasteiger partial charge is 0.494 e. The molecule has 9 nitrogen and oxygen atoms in total. The van der Waals surface area contributed by atoms with Gasteiger partial charge in [0, 0.05) is 11.4 Å². The van der Waals surface area contributed by atoms with Crippen molar-refractivity contribution in [2.45, 2.75) is 26.7 Å². The van der Waals surface area contributed by atoms with Crippen LogP contribution in [0.15, 0.2) is 77.9 Å². The number of nitrogens with one attached hydrogen (secondary N) is 3. The van der Waals surface area contributed by atoms with Crippen LogP contribution >= 0.6 is 0 Å². The molecule has 0 fully saturated rings. The molecule has 3 N–H and O–H groups in total. The van der Waals surface area contributed by atoms with Crippen LogP contribution in [0, 0.1) is 6.92 Å². The molecule has 37 heavy (non-hydrogen) atoms. The second kappa shape index (κ2) is 14.0. The van der Waals surface area contributed by atoms with Crippen LogP contribution in [-0.4, -0.2) is 37.1 Å². The van der Waals surface area contributed by atoms with Crippen molar-refractivity contribution in [2.24, 2.45) is 5.10 Å². The van der Waals surface area contributed by atoms with E-state index in [4.69, 9.17) is 9.47 Å². The second-order valence-corrected chi connectivity index (χ2v) is 8.15. The third-order valence-corrected chi connectivity index (χ3v) is 5.05. The van der Waals surface area contributed by atoms with Crippen LogP contribution < -0.4 is 25.5 Å². The van der Waals surface area contributed by atoms with Gasteiger partial charge in [0.15, 0.2) is 6.61 Å². The summed E-state index contributed by atoms with van der Waals surface area (Å²) in [7, 11) is 0. The Labute approximate surface area is 215 Å². The fourth-order valence-electron chi connectivity index (χ4n) is 3.01. The molecular weight excluding hydrogens is 472 g/mol. The van der Waals surface area contributed by atoms with Gasteiger partial charge in [-0.05, 0) is 79.6 Å². The number of nitrogens with zero attached hydrogens (tertiary/aromatic N) is 1. The van der Waals surface area contributed by atoms with Crippen molar-refractivity contribution in [3.63, 3.8) is 0 Å². The Morgan fingerprint density at radius 2 is 1.38 bits per heavy atom. The molecule has 0 radical (unpaired) electrons. The van der Waals surface area contributed by atoms with Crippen molar-refractivity contribution >= 4 is 35.3 Å². The van der Waals surface area contributed by atoms with Crippen LogP contribution in [0.2, 0.25) is 0 Å². The molecule has 0 aliphatic carbocycles. The topological polar surface area (TPSA) is 118 Å². The number of hydrogen-bond acceptors (Lipinski definition) is 6. The third kappa shape index (κ3) is 9.48. The van der Waals surface area contributed by atoms with Crippen LogP contribution in [0.1, 0.15) is 30.9 Å². The zero-order valence-corrected chi connectivity index (χ0v) is 20.8. The summed E-state index contributed by atoms with van der Waals surface area (Å²) in [6.07, 6.45) is 3.40. The number of carbonyl (C=O) groups is 3. The summed E-state index contributed by atoms with van der Waals surface area (Å²) in [6.45, 7) is 4.55. The van der Waals surface area contributed by atoms with E-state index in [1.807, 2.05) is 31.2 Å². The first-order valence-corrected chi connectivity index (χ1v) is 11.9. The Kier molecular flexibility index (Phi) is 10.2. The highest BCUT2D eigenvalue weighted by Gasteiger charge is 2.13. The lowest BCUT2D eigenvalue weighted by Gasteiger charge is -2.08. The van der Waals surface area contributed by atoms with Gasteiger partial charge in [0.25, 0.3) is 5.91 Å². The zero-order chi connectivity index (χ0) is 26.5. The minimum Gasteiger partial charge on any atom is -0.494 e. The molecule has 3 aromatic rings. The predicted molar refractivity (Wildman–Crippen MR) is 143 cm³/mol. The average Bonchev–Trinajstić information content (AvgIpc) is 2.90. The molecule has 0 spiro atoms. The van der Waals surface area contributed by atoms with Gasteiger partial charge in [0.05, 0.1) is 12.8 Å². The molecule has 0 bridgehead atoms. The minimum atomic E-state index is -0.904. The Morgan fingerprint density at radius 3 is 2.05 bits per heavy atom. The number of rotatable bonds is 11. The van der Waals surface area contributed by atoms with Crippen LogP contribution in [0.5, 0.6) is 11.5 Å². The monoisotopic (exact) mass is 502 g/mol. The summed E-state index contributed by atoms with van der Waals surface area (Å²) >= 11 is 0. The van der Waals surface area contributed by atoms with Crippen LogP contribution in [-0.2, 0) is 14.4 Å². The van der Waals surface area contributed by atoms with E-state index in [1.54, 1.807) is 48.5 Å². The zero-order valence-electron chi connectivity index (χ0n) is 20.8. The van der Waals surface area contributed by atoms with Crippen molar-refractivity contribution in [3.05, 3.63) is 83.9 Å². The Morgan fingerprint density at radius 1 is 0.784 bits per heavy atom. The standard InChI is InChI=1S/C28H30N4O5/c1-3-4-17-36-24-15-11-23(12-16-24)31-27(34)28(35)32-29-18-21-7-13-25(14-8-21)37-19-26(33)30-22-9-5-20(2)6-10-22/h5-16,18H,3-4,17,19H2,1-2H3,(H,30,33)(H,31,34)(H,32,35)/b29-18-. The van der Waals surface area contributed by atoms with Gasteiger partial charge in [0.1, 0.15) is 11.5 Å². The third-order valence-electron chi connectivity index (χ3n) is 5.05. The SMILES string of the molecule is CCCCOc1ccc(NC(=O)C(=O)N/N=C\c2ccc(OCC(=O)Nc3ccc(C)cc3)cc2)cc1. The number of benzene rings is 3.